The number of amides is 2. The van der Waals surface area contributed by atoms with Crippen LogP contribution < -0.4 is 5.32 Å². The smallest absolute Gasteiger partial charge is 0.317 e. The lowest BCUT2D eigenvalue weighted by Crippen LogP contribution is -2.35. The van der Waals surface area contributed by atoms with Crippen molar-refractivity contribution in [2.24, 2.45) is 7.05 Å². The average Bonchev–Trinajstić information content (AvgIpc) is 3.19. The van der Waals surface area contributed by atoms with Gasteiger partial charge in [-0.2, -0.15) is 10.2 Å². The lowest BCUT2D eigenvalue weighted by Gasteiger charge is -2.25. The van der Waals surface area contributed by atoms with Gasteiger partial charge in [-0.3, -0.25) is 15.1 Å². The molecule has 1 atom stereocenters. The third kappa shape index (κ3) is 2.81. The first-order valence-corrected chi connectivity index (χ1v) is 9.17. The number of aryl methyl sites for hydroxylation is 3. The molecule has 2 aromatic heterocycles. The number of carbonyl (C=O) groups excluding carboxylic acids is 1. The Hall–Kier alpha value is -2.31. The maximum Gasteiger partial charge on any atom is 0.323 e. The molecule has 4 rings (SSSR count). The summed E-state index contributed by atoms with van der Waals surface area (Å²) in [5.74, 6) is 1.34. The predicted octanol–water partition coefficient (Wildman–Crippen LogP) is 3.40. The molecule has 0 aromatic carbocycles. The number of anilines is 1. The van der Waals surface area contributed by atoms with Crippen molar-refractivity contribution in [2.75, 3.05) is 11.9 Å². The zero-order valence-electron chi connectivity index (χ0n) is 15.2. The van der Waals surface area contributed by atoms with E-state index in [1.807, 2.05) is 31.9 Å². The molecule has 3 heterocycles. The van der Waals surface area contributed by atoms with Gasteiger partial charge in [0.15, 0.2) is 0 Å². The third-order valence-corrected chi connectivity index (χ3v) is 5.69. The highest BCUT2D eigenvalue weighted by molar-refractivity contribution is 5.89. The lowest BCUT2D eigenvalue weighted by molar-refractivity contribution is 0.206. The second-order valence-corrected chi connectivity index (χ2v) is 7.34. The van der Waals surface area contributed by atoms with Crippen molar-refractivity contribution in [3.05, 3.63) is 28.7 Å². The van der Waals surface area contributed by atoms with E-state index in [-0.39, 0.29) is 12.1 Å². The Balaban J connectivity index is 1.51. The lowest BCUT2D eigenvalue weighted by atomic mass is 9.83. The summed E-state index contributed by atoms with van der Waals surface area (Å²) in [7, 11) is 1.89. The van der Waals surface area contributed by atoms with E-state index in [0.29, 0.717) is 5.92 Å². The average molecular weight is 342 g/mol. The fourth-order valence-electron chi connectivity index (χ4n) is 4.05. The third-order valence-electron chi connectivity index (χ3n) is 5.69. The first-order chi connectivity index (χ1) is 12.0. The molecule has 1 saturated carbocycles. The summed E-state index contributed by atoms with van der Waals surface area (Å²) >= 11 is 0. The zero-order valence-corrected chi connectivity index (χ0v) is 15.2. The van der Waals surface area contributed by atoms with E-state index in [4.69, 9.17) is 0 Å². The van der Waals surface area contributed by atoms with Crippen molar-refractivity contribution in [2.45, 2.75) is 57.9 Å². The molecule has 1 aliphatic carbocycles. The number of hydrogen-bond donors (Lipinski definition) is 2. The first kappa shape index (κ1) is 16.2. The monoisotopic (exact) mass is 342 g/mol. The van der Waals surface area contributed by atoms with Gasteiger partial charge in [-0.05, 0) is 39.5 Å². The summed E-state index contributed by atoms with van der Waals surface area (Å²) in [6, 6.07) is 2.07. The van der Waals surface area contributed by atoms with Crippen LogP contribution in [0.1, 0.15) is 66.7 Å². The second kappa shape index (κ2) is 6.20. The summed E-state index contributed by atoms with van der Waals surface area (Å²) in [5.41, 5.74) is 4.29. The minimum atomic E-state index is -0.0503. The van der Waals surface area contributed by atoms with E-state index < -0.39 is 0 Å². The highest BCUT2D eigenvalue weighted by atomic mass is 16.2. The van der Waals surface area contributed by atoms with Crippen LogP contribution in [0.3, 0.4) is 0 Å². The van der Waals surface area contributed by atoms with Crippen molar-refractivity contribution < 1.29 is 4.79 Å². The molecule has 2 N–H and O–H groups in total. The number of rotatable bonds is 3. The molecular weight excluding hydrogens is 316 g/mol. The van der Waals surface area contributed by atoms with E-state index in [2.05, 4.69) is 20.6 Å². The van der Waals surface area contributed by atoms with Gasteiger partial charge in [0.2, 0.25) is 0 Å². The molecule has 2 aliphatic rings. The van der Waals surface area contributed by atoms with Crippen LogP contribution in [0.25, 0.3) is 0 Å². The number of nitrogens with one attached hydrogen (secondary N) is 2. The fraction of sp³-hybridized carbons (Fsp3) is 0.611. The number of hydrogen-bond acceptors (Lipinski definition) is 3. The van der Waals surface area contributed by atoms with Crippen molar-refractivity contribution in [1.82, 2.24) is 24.9 Å². The van der Waals surface area contributed by atoms with Gasteiger partial charge in [-0.15, -0.1) is 0 Å². The van der Waals surface area contributed by atoms with Crippen molar-refractivity contribution in [3.63, 3.8) is 0 Å². The number of aromatic amines is 1. The molecule has 7 heteroatoms. The molecule has 0 unspecified atom stereocenters. The molecule has 25 heavy (non-hydrogen) atoms. The molecule has 1 aliphatic heterocycles. The van der Waals surface area contributed by atoms with E-state index in [1.165, 1.54) is 19.3 Å². The minimum absolute atomic E-state index is 0.0503. The molecule has 2 amide bonds. The highest BCUT2D eigenvalue weighted by Gasteiger charge is 2.33. The van der Waals surface area contributed by atoms with Crippen LogP contribution >= 0.6 is 0 Å². The van der Waals surface area contributed by atoms with Crippen LogP contribution in [0.5, 0.6) is 0 Å². The Kier molecular flexibility index (Phi) is 4.01. The van der Waals surface area contributed by atoms with E-state index in [0.717, 1.165) is 47.8 Å². The van der Waals surface area contributed by atoms with Crippen LogP contribution in [0.15, 0.2) is 6.07 Å². The molecule has 2 aromatic rings. The number of H-pyrrole nitrogens is 1. The second-order valence-electron chi connectivity index (χ2n) is 7.34. The molecule has 7 nitrogen and oxygen atoms in total. The summed E-state index contributed by atoms with van der Waals surface area (Å²) in [6.07, 6.45) is 5.69. The van der Waals surface area contributed by atoms with Crippen LogP contribution in [-0.4, -0.2) is 37.5 Å². The molecule has 0 spiro atoms. The summed E-state index contributed by atoms with van der Waals surface area (Å²) in [6.45, 7) is 4.79. The maximum absolute atomic E-state index is 12.9. The normalized spacial score (nSPS) is 20.8. The van der Waals surface area contributed by atoms with Gasteiger partial charge < -0.3 is 4.90 Å². The summed E-state index contributed by atoms with van der Waals surface area (Å²) in [5, 5.41) is 15.0. The van der Waals surface area contributed by atoms with Gasteiger partial charge in [0.05, 0.1) is 17.4 Å². The summed E-state index contributed by atoms with van der Waals surface area (Å²) in [4.78, 5) is 14.8. The molecule has 134 valence electrons. The Morgan fingerprint density at radius 2 is 2.08 bits per heavy atom. The van der Waals surface area contributed by atoms with E-state index >= 15 is 0 Å². The first-order valence-electron chi connectivity index (χ1n) is 9.17. The van der Waals surface area contributed by atoms with Crippen LogP contribution in [0.2, 0.25) is 0 Å². The fourth-order valence-corrected chi connectivity index (χ4v) is 4.05. The van der Waals surface area contributed by atoms with Gasteiger partial charge in [-0.1, -0.05) is 6.42 Å². The van der Waals surface area contributed by atoms with Crippen molar-refractivity contribution >= 4 is 11.8 Å². The molecule has 0 radical (unpaired) electrons. The van der Waals surface area contributed by atoms with Crippen molar-refractivity contribution in [1.29, 1.82) is 0 Å². The Labute approximate surface area is 147 Å². The topological polar surface area (TPSA) is 78.8 Å². The van der Waals surface area contributed by atoms with Crippen LogP contribution in [0.4, 0.5) is 10.6 Å². The summed E-state index contributed by atoms with van der Waals surface area (Å²) < 4.78 is 1.78. The van der Waals surface area contributed by atoms with Crippen molar-refractivity contribution in [3.8, 4) is 0 Å². The Bertz CT molecular complexity index is 768. The minimum Gasteiger partial charge on any atom is -0.317 e. The molecule has 2 fully saturated rings. The number of aromatic nitrogens is 4. The van der Waals surface area contributed by atoms with Crippen LogP contribution in [-0.2, 0) is 7.05 Å². The predicted molar refractivity (Wildman–Crippen MR) is 95.6 cm³/mol. The van der Waals surface area contributed by atoms with Gasteiger partial charge in [-0.25, -0.2) is 4.79 Å². The van der Waals surface area contributed by atoms with Gasteiger partial charge >= 0.3 is 6.03 Å². The van der Waals surface area contributed by atoms with Gasteiger partial charge in [0.1, 0.15) is 5.82 Å². The SMILES string of the molecule is Cc1n[nH]c(C)c1[C@H]1CCCN1C(=O)Nc1cc(C2CCC2)nn1C. The molecular formula is C18H26N6O. The molecule has 1 saturated heterocycles. The Morgan fingerprint density at radius 1 is 1.28 bits per heavy atom. The quantitative estimate of drug-likeness (QED) is 0.897. The number of carbonyl (C=O) groups is 1. The standard InChI is InChI=1S/C18H26N6O/c1-11-17(12(2)21-20-11)15-8-5-9-24(15)18(25)19-16-10-14(22-23(16)3)13-6-4-7-13/h10,13,15H,4-9H2,1-3H3,(H,19,25)(H,20,21)/t15-/m1/s1. The largest absolute Gasteiger partial charge is 0.323 e. The maximum atomic E-state index is 12.9. The number of nitrogens with zero attached hydrogens (tertiary/aromatic N) is 4. The molecule has 0 bridgehead atoms. The zero-order chi connectivity index (χ0) is 17.6. The Morgan fingerprint density at radius 3 is 2.72 bits per heavy atom. The van der Waals surface area contributed by atoms with Gasteiger partial charge in [0, 0.05) is 36.8 Å². The van der Waals surface area contributed by atoms with Gasteiger partial charge in [0.25, 0.3) is 0 Å². The number of urea groups is 1. The van der Waals surface area contributed by atoms with E-state index in [1.54, 1.807) is 4.68 Å². The number of likely N-dealkylation sites (tertiary alicyclic amines) is 1. The highest BCUT2D eigenvalue weighted by Crippen LogP contribution is 2.37. The van der Waals surface area contributed by atoms with E-state index in [9.17, 15) is 4.79 Å². The van der Waals surface area contributed by atoms with Crippen LogP contribution in [0, 0.1) is 13.8 Å².